The van der Waals surface area contributed by atoms with Crippen molar-refractivity contribution in [2.24, 2.45) is 0 Å². The Bertz CT molecular complexity index is 950. The molecule has 6 nitrogen and oxygen atoms in total. The number of terminal acetylenes is 1. The normalized spacial score (nSPS) is 16.2. The van der Waals surface area contributed by atoms with Gasteiger partial charge in [-0.1, -0.05) is 29.7 Å². The molecule has 3 rings (SSSR count). The number of benzene rings is 1. The van der Waals surface area contributed by atoms with E-state index in [1.165, 1.54) is 10.4 Å². The molecule has 33 heavy (non-hydrogen) atoms. The summed E-state index contributed by atoms with van der Waals surface area (Å²) in [4.78, 5) is 18.5. The number of amides is 1. The number of carbonyl (C=O) groups is 1. The Hall–Kier alpha value is -2.63. The van der Waals surface area contributed by atoms with Crippen LogP contribution in [0.5, 0.6) is 5.75 Å². The maximum Gasteiger partial charge on any atom is 0.237 e. The molecule has 1 aromatic carbocycles. The van der Waals surface area contributed by atoms with Gasteiger partial charge in [0.2, 0.25) is 5.91 Å². The lowest BCUT2D eigenvalue weighted by molar-refractivity contribution is -0.136. The minimum atomic E-state index is -0.739. The Labute approximate surface area is 200 Å². The molecule has 0 unspecified atom stereocenters. The fourth-order valence-electron chi connectivity index (χ4n) is 3.96. The summed E-state index contributed by atoms with van der Waals surface area (Å²) in [5, 5.41) is 12.3. The lowest BCUT2D eigenvalue weighted by atomic mass is 10.0. The minimum Gasteiger partial charge on any atom is -0.491 e. The summed E-state index contributed by atoms with van der Waals surface area (Å²) in [6, 6.07) is 9.88. The smallest absolute Gasteiger partial charge is 0.237 e. The van der Waals surface area contributed by atoms with Gasteiger partial charge in [-0.15, -0.1) is 24.3 Å². The van der Waals surface area contributed by atoms with Crippen LogP contribution in [0.25, 0.3) is 0 Å². The molecule has 0 radical (unpaired) electrons. The third kappa shape index (κ3) is 7.18. The van der Waals surface area contributed by atoms with E-state index in [0.717, 1.165) is 17.7 Å². The fourth-order valence-corrected chi connectivity index (χ4v) is 4.89. The highest BCUT2D eigenvalue weighted by Gasteiger charge is 2.33. The van der Waals surface area contributed by atoms with Gasteiger partial charge in [0.15, 0.2) is 0 Å². The van der Waals surface area contributed by atoms with E-state index < -0.39 is 6.10 Å². The monoisotopic (exact) mass is 468 g/mol. The number of aliphatic hydroxyl groups excluding tert-OH is 1. The molecular formula is C26H32N2O4S. The fraction of sp³-hybridized carbons (Fsp3) is 0.423. The number of aryl methyl sites for hydroxylation is 1. The zero-order chi connectivity index (χ0) is 23.6. The summed E-state index contributed by atoms with van der Waals surface area (Å²) in [7, 11) is 0. The highest BCUT2D eigenvalue weighted by Crippen LogP contribution is 2.34. The van der Waals surface area contributed by atoms with Crippen LogP contribution in [0.3, 0.4) is 0 Å². The van der Waals surface area contributed by atoms with Crippen LogP contribution in [-0.2, 0) is 16.0 Å². The lowest BCUT2D eigenvalue weighted by Crippen LogP contribution is -2.48. The van der Waals surface area contributed by atoms with Crippen molar-refractivity contribution in [3.63, 3.8) is 0 Å². The summed E-state index contributed by atoms with van der Waals surface area (Å²) in [6.45, 7) is 8.09. The number of hydrogen-bond acceptors (Lipinski definition) is 6. The summed E-state index contributed by atoms with van der Waals surface area (Å²) in [5.41, 5.74) is 2.33. The zero-order valence-corrected chi connectivity index (χ0v) is 19.9. The zero-order valence-electron chi connectivity index (χ0n) is 19.1. The van der Waals surface area contributed by atoms with Gasteiger partial charge in [0.1, 0.15) is 19.0 Å². The molecular weight excluding hydrogens is 436 g/mol. The van der Waals surface area contributed by atoms with E-state index in [1.807, 2.05) is 41.0 Å². The molecule has 2 heterocycles. The van der Waals surface area contributed by atoms with E-state index >= 15 is 0 Å². The van der Waals surface area contributed by atoms with Crippen LogP contribution in [0.2, 0.25) is 0 Å². The van der Waals surface area contributed by atoms with Crippen molar-refractivity contribution in [3.05, 3.63) is 64.4 Å². The topological polar surface area (TPSA) is 62.2 Å². The van der Waals surface area contributed by atoms with Crippen LogP contribution in [0.1, 0.15) is 22.0 Å². The standard InChI is InChI=1S/C26H32N2O4S/c1-4-12-27(16-21(29)18-31-14-5-2)17-26(30)28-13-10-25-23(11-15-33-25)24(28)19-32-22-8-6-20(3)7-9-22/h2,4,6-9,11,15,21,24,29H,1,10,12-14,16-19H2,3H3/t21-,24-/m1/s1. The van der Waals surface area contributed by atoms with Gasteiger partial charge in [-0.25, -0.2) is 0 Å². The Morgan fingerprint density at radius 1 is 1.42 bits per heavy atom. The van der Waals surface area contributed by atoms with Crippen molar-refractivity contribution in [1.29, 1.82) is 0 Å². The first-order valence-corrected chi connectivity index (χ1v) is 12.0. The van der Waals surface area contributed by atoms with Crippen LogP contribution < -0.4 is 4.74 Å². The number of ether oxygens (including phenoxy) is 2. The van der Waals surface area contributed by atoms with E-state index in [4.69, 9.17) is 15.9 Å². The Kier molecular flexibility index (Phi) is 9.52. The number of thiophene rings is 1. The highest BCUT2D eigenvalue weighted by molar-refractivity contribution is 7.10. The molecule has 2 aromatic rings. The first kappa shape index (κ1) is 25.0. The van der Waals surface area contributed by atoms with Crippen LogP contribution in [0.15, 0.2) is 48.4 Å². The van der Waals surface area contributed by atoms with E-state index in [0.29, 0.717) is 26.2 Å². The van der Waals surface area contributed by atoms with Gasteiger partial charge in [-0.3, -0.25) is 9.69 Å². The van der Waals surface area contributed by atoms with Crippen LogP contribution in [0.4, 0.5) is 0 Å². The average molecular weight is 469 g/mol. The SMILES string of the molecule is C#CCOC[C@H](O)CN(CC=C)CC(=O)N1CCc2sccc2[C@H]1COc1ccc(C)cc1. The first-order valence-electron chi connectivity index (χ1n) is 11.1. The molecule has 0 saturated heterocycles. The van der Waals surface area contributed by atoms with E-state index in [-0.39, 0.29) is 31.7 Å². The van der Waals surface area contributed by atoms with Gasteiger partial charge in [0.05, 0.1) is 25.3 Å². The van der Waals surface area contributed by atoms with Gasteiger partial charge >= 0.3 is 0 Å². The average Bonchev–Trinajstić information content (AvgIpc) is 3.28. The van der Waals surface area contributed by atoms with Gasteiger partial charge in [-0.2, -0.15) is 0 Å². The van der Waals surface area contributed by atoms with E-state index in [2.05, 4.69) is 23.9 Å². The number of hydrogen-bond donors (Lipinski definition) is 1. The minimum absolute atomic E-state index is 0.00273. The maximum atomic E-state index is 13.4. The second kappa shape index (κ2) is 12.6. The van der Waals surface area contributed by atoms with Crippen molar-refractivity contribution in [2.75, 3.05) is 46.0 Å². The largest absolute Gasteiger partial charge is 0.491 e. The molecule has 1 amide bonds. The van der Waals surface area contributed by atoms with Gasteiger partial charge in [0.25, 0.3) is 0 Å². The molecule has 2 atom stereocenters. The Morgan fingerprint density at radius 3 is 2.94 bits per heavy atom. The van der Waals surface area contributed by atoms with E-state index in [1.54, 1.807) is 17.4 Å². The van der Waals surface area contributed by atoms with Crippen molar-refractivity contribution in [2.45, 2.75) is 25.5 Å². The highest BCUT2D eigenvalue weighted by atomic mass is 32.1. The van der Waals surface area contributed by atoms with Gasteiger partial charge in [0, 0.05) is 24.5 Å². The summed E-state index contributed by atoms with van der Waals surface area (Å²) in [6.07, 6.45) is 7.01. The molecule has 1 aliphatic heterocycles. The van der Waals surface area contributed by atoms with Crippen LogP contribution in [0, 0.1) is 19.3 Å². The number of nitrogens with zero attached hydrogens (tertiary/aromatic N) is 2. The molecule has 1 aromatic heterocycles. The number of aliphatic hydroxyl groups is 1. The summed E-state index contributed by atoms with van der Waals surface area (Å²) >= 11 is 1.73. The lowest BCUT2D eigenvalue weighted by Gasteiger charge is -2.37. The molecule has 0 saturated carbocycles. The quantitative estimate of drug-likeness (QED) is 0.295. The molecule has 176 valence electrons. The predicted molar refractivity (Wildman–Crippen MR) is 131 cm³/mol. The van der Waals surface area contributed by atoms with Crippen molar-refractivity contribution < 1.29 is 19.4 Å². The summed E-state index contributed by atoms with van der Waals surface area (Å²) in [5.74, 6) is 3.17. The Balaban J connectivity index is 1.67. The van der Waals surface area contributed by atoms with Gasteiger partial charge in [-0.05, 0) is 42.5 Å². The number of fused-ring (bicyclic) bond motifs is 1. The predicted octanol–water partition coefficient (Wildman–Crippen LogP) is 3.06. The van der Waals surface area contributed by atoms with Crippen molar-refractivity contribution in [1.82, 2.24) is 9.80 Å². The molecule has 0 fully saturated rings. The maximum absolute atomic E-state index is 13.4. The first-order chi connectivity index (χ1) is 16.0. The second-order valence-electron chi connectivity index (χ2n) is 8.13. The number of carbonyl (C=O) groups excluding carboxylic acids is 1. The van der Waals surface area contributed by atoms with Crippen molar-refractivity contribution >= 4 is 17.2 Å². The van der Waals surface area contributed by atoms with Crippen molar-refractivity contribution in [3.8, 4) is 18.1 Å². The third-order valence-electron chi connectivity index (χ3n) is 5.55. The second-order valence-corrected chi connectivity index (χ2v) is 9.13. The van der Waals surface area contributed by atoms with Gasteiger partial charge < -0.3 is 19.5 Å². The molecule has 1 aliphatic rings. The van der Waals surface area contributed by atoms with E-state index in [9.17, 15) is 9.90 Å². The molecule has 1 N–H and O–H groups in total. The molecule has 0 spiro atoms. The third-order valence-corrected chi connectivity index (χ3v) is 6.55. The number of rotatable bonds is 12. The molecule has 7 heteroatoms. The van der Waals surface area contributed by atoms with Crippen LogP contribution in [-0.4, -0.2) is 72.9 Å². The van der Waals surface area contributed by atoms with Crippen LogP contribution >= 0.6 is 11.3 Å². The molecule has 0 bridgehead atoms. The summed E-state index contributed by atoms with van der Waals surface area (Å²) < 4.78 is 11.3. The molecule has 0 aliphatic carbocycles. The Morgan fingerprint density at radius 2 is 2.21 bits per heavy atom.